The summed E-state index contributed by atoms with van der Waals surface area (Å²) in [6.07, 6.45) is 1.49. The average Bonchev–Trinajstić information content (AvgIpc) is 2.80. The maximum Gasteiger partial charge on any atom is 0.343 e. The number of amides is 1. The van der Waals surface area contributed by atoms with E-state index in [1.165, 1.54) is 6.21 Å². The molecule has 0 unspecified atom stereocenters. The van der Waals surface area contributed by atoms with E-state index in [9.17, 15) is 9.59 Å². The van der Waals surface area contributed by atoms with Crippen molar-refractivity contribution >= 4 is 18.1 Å². The van der Waals surface area contributed by atoms with Gasteiger partial charge >= 0.3 is 5.97 Å². The van der Waals surface area contributed by atoms with Crippen LogP contribution in [0.3, 0.4) is 0 Å². The van der Waals surface area contributed by atoms with Crippen LogP contribution in [0.4, 0.5) is 0 Å². The van der Waals surface area contributed by atoms with Crippen molar-refractivity contribution in [1.82, 2.24) is 5.43 Å². The third-order valence-electron chi connectivity index (χ3n) is 4.29. The Balaban J connectivity index is 1.45. The summed E-state index contributed by atoms with van der Waals surface area (Å²) in [5, 5.41) is 3.91. The zero-order valence-corrected chi connectivity index (χ0v) is 17.9. The van der Waals surface area contributed by atoms with Gasteiger partial charge in [-0.05, 0) is 80.1 Å². The Morgan fingerprint density at radius 3 is 2.09 bits per heavy atom. The minimum absolute atomic E-state index is 0.138. The molecular weight excluding hydrogens is 408 g/mol. The molecule has 0 spiro atoms. The summed E-state index contributed by atoms with van der Waals surface area (Å²) < 4.78 is 16.1. The molecule has 1 amide bonds. The van der Waals surface area contributed by atoms with E-state index in [1.807, 2.05) is 26.0 Å². The van der Waals surface area contributed by atoms with Gasteiger partial charge in [0.15, 0.2) is 6.61 Å². The molecule has 0 aromatic heterocycles. The minimum Gasteiger partial charge on any atom is -0.494 e. The largest absolute Gasteiger partial charge is 0.494 e. The predicted molar refractivity (Wildman–Crippen MR) is 121 cm³/mol. The molecule has 0 aliphatic carbocycles. The van der Waals surface area contributed by atoms with E-state index in [1.54, 1.807) is 60.7 Å². The highest BCUT2D eigenvalue weighted by atomic mass is 16.5. The van der Waals surface area contributed by atoms with Gasteiger partial charge in [-0.25, -0.2) is 10.2 Å². The van der Waals surface area contributed by atoms with E-state index in [2.05, 4.69) is 10.5 Å². The molecule has 3 aromatic carbocycles. The average molecular weight is 432 g/mol. The van der Waals surface area contributed by atoms with Crippen LogP contribution in [0.15, 0.2) is 77.9 Å². The highest BCUT2D eigenvalue weighted by molar-refractivity contribution is 5.91. The summed E-state index contributed by atoms with van der Waals surface area (Å²) in [7, 11) is 0. The van der Waals surface area contributed by atoms with Crippen LogP contribution < -0.4 is 19.6 Å². The number of ether oxygens (including phenoxy) is 3. The molecule has 0 saturated carbocycles. The van der Waals surface area contributed by atoms with Gasteiger partial charge in [-0.2, -0.15) is 5.10 Å². The summed E-state index contributed by atoms with van der Waals surface area (Å²) in [6.45, 7) is 4.29. The number of nitrogens with one attached hydrogen (secondary N) is 1. The maximum atomic E-state index is 12.2. The van der Waals surface area contributed by atoms with Crippen molar-refractivity contribution < 1.29 is 23.8 Å². The third-order valence-corrected chi connectivity index (χ3v) is 4.29. The second-order valence-electron chi connectivity index (χ2n) is 6.81. The summed E-state index contributed by atoms with van der Waals surface area (Å²) in [5.74, 6) is 0.876. The fourth-order valence-electron chi connectivity index (χ4n) is 2.64. The Morgan fingerprint density at radius 1 is 0.844 bits per heavy atom. The fourth-order valence-corrected chi connectivity index (χ4v) is 2.64. The van der Waals surface area contributed by atoms with Crippen LogP contribution in [-0.4, -0.2) is 31.3 Å². The minimum atomic E-state index is -0.463. The van der Waals surface area contributed by atoms with Gasteiger partial charge in [-0.3, -0.25) is 4.79 Å². The SMILES string of the molecule is CCOc1ccc(C(=O)Oc2ccc(/C=N\NC(=O)COc3ccc(C)cc3)cc2)cc1. The van der Waals surface area contributed by atoms with E-state index in [4.69, 9.17) is 14.2 Å². The van der Waals surface area contributed by atoms with Crippen LogP contribution in [0.2, 0.25) is 0 Å². The Labute approximate surface area is 186 Å². The summed E-state index contributed by atoms with van der Waals surface area (Å²) in [4.78, 5) is 24.1. The van der Waals surface area contributed by atoms with Gasteiger partial charge in [0.1, 0.15) is 17.2 Å². The van der Waals surface area contributed by atoms with Gasteiger partial charge < -0.3 is 14.2 Å². The second-order valence-corrected chi connectivity index (χ2v) is 6.81. The summed E-state index contributed by atoms with van der Waals surface area (Å²) in [5.41, 5.74) is 4.67. The molecule has 7 heteroatoms. The number of esters is 1. The molecule has 0 bridgehead atoms. The zero-order chi connectivity index (χ0) is 22.8. The van der Waals surface area contributed by atoms with Crippen molar-refractivity contribution in [1.29, 1.82) is 0 Å². The zero-order valence-electron chi connectivity index (χ0n) is 17.9. The molecular formula is C25H24N2O5. The Morgan fingerprint density at radius 2 is 1.44 bits per heavy atom. The topological polar surface area (TPSA) is 86.2 Å². The number of hydrogen-bond donors (Lipinski definition) is 1. The summed E-state index contributed by atoms with van der Waals surface area (Å²) in [6, 6.07) is 20.9. The standard InChI is InChI=1S/C25H24N2O5/c1-3-30-21-14-8-20(9-15-21)25(29)32-23-12-6-19(7-13-23)16-26-27-24(28)17-31-22-10-4-18(2)5-11-22/h4-16H,3,17H2,1-2H3,(H,27,28)/b26-16-. The van der Waals surface area contributed by atoms with Gasteiger partial charge in [0.05, 0.1) is 18.4 Å². The highest BCUT2D eigenvalue weighted by Gasteiger charge is 2.09. The van der Waals surface area contributed by atoms with Gasteiger partial charge in [-0.1, -0.05) is 17.7 Å². The van der Waals surface area contributed by atoms with Gasteiger partial charge in [0.25, 0.3) is 5.91 Å². The number of nitrogens with zero attached hydrogens (tertiary/aromatic N) is 1. The van der Waals surface area contributed by atoms with Crippen molar-refractivity contribution in [2.45, 2.75) is 13.8 Å². The van der Waals surface area contributed by atoms with Crippen LogP contribution in [0.25, 0.3) is 0 Å². The van der Waals surface area contributed by atoms with Crippen molar-refractivity contribution in [2.24, 2.45) is 5.10 Å². The second kappa shape index (κ2) is 11.3. The first-order chi connectivity index (χ1) is 15.5. The number of benzene rings is 3. The first kappa shape index (κ1) is 22.6. The third kappa shape index (κ3) is 6.98. The van der Waals surface area contributed by atoms with E-state index in [-0.39, 0.29) is 12.5 Å². The van der Waals surface area contributed by atoms with E-state index >= 15 is 0 Å². The molecule has 7 nitrogen and oxygen atoms in total. The molecule has 3 rings (SSSR count). The molecule has 0 fully saturated rings. The lowest BCUT2D eigenvalue weighted by Crippen LogP contribution is -2.24. The van der Waals surface area contributed by atoms with Crippen LogP contribution in [0.5, 0.6) is 17.2 Å². The monoisotopic (exact) mass is 432 g/mol. The highest BCUT2D eigenvalue weighted by Crippen LogP contribution is 2.16. The Bertz CT molecular complexity index is 1060. The number of aryl methyl sites for hydroxylation is 1. The summed E-state index contributed by atoms with van der Waals surface area (Å²) >= 11 is 0. The molecule has 0 aliphatic heterocycles. The first-order valence-electron chi connectivity index (χ1n) is 10.1. The molecule has 0 aliphatic rings. The quantitative estimate of drug-likeness (QED) is 0.238. The molecule has 32 heavy (non-hydrogen) atoms. The number of hydrogen-bond acceptors (Lipinski definition) is 6. The van der Waals surface area contributed by atoms with Crippen LogP contribution >= 0.6 is 0 Å². The molecule has 1 N–H and O–H groups in total. The van der Waals surface area contributed by atoms with Gasteiger partial charge in [-0.15, -0.1) is 0 Å². The molecule has 0 heterocycles. The molecule has 3 aromatic rings. The van der Waals surface area contributed by atoms with Gasteiger partial charge in [0.2, 0.25) is 0 Å². The van der Waals surface area contributed by atoms with Crippen molar-refractivity contribution in [3.05, 3.63) is 89.5 Å². The van der Waals surface area contributed by atoms with Crippen molar-refractivity contribution in [3.8, 4) is 17.2 Å². The fraction of sp³-hybridized carbons (Fsp3) is 0.160. The smallest absolute Gasteiger partial charge is 0.343 e. The molecule has 0 saturated heterocycles. The van der Waals surface area contributed by atoms with Crippen LogP contribution in [-0.2, 0) is 4.79 Å². The number of hydrazone groups is 1. The van der Waals surface area contributed by atoms with E-state index in [0.29, 0.717) is 29.4 Å². The Kier molecular flexibility index (Phi) is 7.97. The molecule has 0 atom stereocenters. The van der Waals surface area contributed by atoms with Crippen molar-refractivity contribution in [2.75, 3.05) is 13.2 Å². The Hall–Kier alpha value is -4.13. The number of carbonyl (C=O) groups excluding carboxylic acids is 2. The first-order valence-corrected chi connectivity index (χ1v) is 10.1. The molecule has 164 valence electrons. The number of rotatable bonds is 9. The number of carbonyl (C=O) groups is 2. The van der Waals surface area contributed by atoms with Crippen LogP contribution in [0.1, 0.15) is 28.4 Å². The lowest BCUT2D eigenvalue weighted by atomic mass is 10.2. The molecule has 0 radical (unpaired) electrons. The maximum absolute atomic E-state index is 12.2. The normalized spacial score (nSPS) is 10.6. The van der Waals surface area contributed by atoms with Gasteiger partial charge in [0, 0.05) is 0 Å². The predicted octanol–water partition coefficient (Wildman–Crippen LogP) is 4.14. The van der Waals surface area contributed by atoms with E-state index < -0.39 is 5.97 Å². The van der Waals surface area contributed by atoms with Crippen molar-refractivity contribution in [3.63, 3.8) is 0 Å². The lowest BCUT2D eigenvalue weighted by Gasteiger charge is -2.06. The van der Waals surface area contributed by atoms with Crippen LogP contribution in [0, 0.1) is 6.92 Å². The van der Waals surface area contributed by atoms with E-state index in [0.717, 1.165) is 11.1 Å². The lowest BCUT2D eigenvalue weighted by molar-refractivity contribution is -0.123.